The summed E-state index contributed by atoms with van der Waals surface area (Å²) >= 11 is 1.78. The van der Waals surface area contributed by atoms with Gasteiger partial charge in [-0.05, 0) is 42.2 Å². The van der Waals surface area contributed by atoms with E-state index in [1.165, 1.54) is 28.0 Å². The van der Waals surface area contributed by atoms with Gasteiger partial charge in [0.2, 0.25) is 6.29 Å². The van der Waals surface area contributed by atoms with Gasteiger partial charge < -0.3 is 4.74 Å². The van der Waals surface area contributed by atoms with E-state index in [0.29, 0.717) is 18.3 Å². The number of rotatable bonds is 3. The maximum atomic E-state index is 6.20. The summed E-state index contributed by atoms with van der Waals surface area (Å²) in [5.41, 5.74) is 9.35. The summed E-state index contributed by atoms with van der Waals surface area (Å²) < 4.78 is 5.97. The lowest BCUT2D eigenvalue weighted by Crippen LogP contribution is -2.37. The average molecular weight is 454 g/mol. The molecule has 0 saturated heterocycles. The number of ether oxygens (including phenoxy) is 1. The van der Waals surface area contributed by atoms with Crippen LogP contribution in [0.4, 0.5) is 5.82 Å². The molecule has 8 rings (SSSR count). The monoisotopic (exact) mass is 453 g/mol. The highest BCUT2D eigenvalue weighted by molar-refractivity contribution is 7.19. The predicted molar refractivity (Wildman–Crippen MR) is 125 cm³/mol. The van der Waals surface area contributed by atoms with Crippen LogP contribution in [-0.2, 0) is 17.8 Å². The number of fused-ring (bicyclic) bond motifs is 8. The van der Waals surface area contributed by atoms with E-state index in [4.69, 9.17) is 19.5 Å². The third kappa shape index (κ3) is 2.65. The number of aromatic nitrogens is 3. The molecule has 2 aliphatic carbocycles. The van der Waals surface area contributed by atoms with Gasteiger partial charge in [0.1, 0.15) is 16.3 Å². The van der Waals surface area contributed by atoms with Gasteiger partial charge in [0.25, 0.3) is 0 Å². The number of thiophene rings is 1. The van der Waals surface area contributed by atoms with Crippen molar-refractivity contribution >= 4 is 32.9 Å². The van der Waals surface area contributed by atoms with Crippen LogP contribution in [0.3, 0.4) is 0 Å². The molecule has 2 atom stereocenters. The Bertz CT molecular complexity index is 1480. The fourth-order valence-corrected chi connectivity index (χ4v) is 6.72. The first-order valence-corrected chi connectivity index (χ1v) is 12.1. The molecule has 1 N–H and O–H groups in total. The van der Waals surface area contributed by atoms with Gasteiger partial charge in [-0.15, -0.1) is 11.3 Å². The van der Waals surface area contributed by atoms with Crippen LogP contribution in [0, 0.1) is 0 Å². The number of hydrazine groups is 1. The van der Waals surface area contributed by atoms with Crippen LogP contribution in [0.15, 0.2) is 48.7 Å². The maximum absolute atomic E-state index is 6.20. The highest BCUT2D eigenvalue weighted by Gasteiger charge is 2.40. The van der Waals surface area contributed by atoms with Gasteiger partial charge in [0, 0.05) is 34.5 Å². The SMILES string of the molecule is C1=C2c3c(sc4nc(-c5ccccn5)nc(NN5Cc6ccc7c(c6)CC(O7)O5)c34)C2CC1. The zero-order chi connectivity index (χ0) is 21.5. The Morgan fingerprint density at radius 1 is 1.15 bits per heavy atom. The van der Waals surface area contributed by atoms with Crippen LogP contribution in [-0.4, -0.2) is 26.4 Å². The average Bonchev–Trinajstić information content (AvgIpc) is 3.51. The van der Waals surface area contributed by atoms with E-state index < -0.39 is 0 Å². The second-order valence-corrected chi connectivity index (χ2v) is 9.90. The molecular formula is C25H19N5O2S. The molecule has 2 unspecified atom stereocenters. The van der Waals surface area contributed by atoms with Crippen molar-refractivity contribution in [3.63, 3.8) is 0 Å². The number of hydroxylamine groups is 1. The van der Waals surface area contributed by atoms with E-state index in [9.17, 15) is 0 Å². The Kier molecular flexibility index (Phi) is 3.63. The van der Waals surface area contributed by atoms with Crippen molar-refractivity contribution in [2.45, 2.75) is 38.0 Å². The van der Waals surface area contributed by atoms with Crippen LogP contribution < -0.4 is 10.2 Å². The standard InChI is InChI=1S/C25H19N5O2S/c1-2-9-26-17(6-1)23-27-24(21-20-15-4-3-5-16(15)22(20)33-25(21)28-23)29-30-12-13-7-8-18-14(10-13)11-19(31-18)32-30/h1-2,4,6-10,16,19H,3,5,11-12H2,(H,27,28,29). The largest absolute Gasteiger partial charge is 0.463 e. The van der Waals surface area contributed by atoms with Crippen molar-refractivity contribution in [2.24, 2.45) is 0 Å². The lowest BCUT2D eigenvalue weighted by molar-refractivity contribution is -0.240. The van der Waals surface area contributed by atoms with Gasteiger partial charge in [0.15, 0.2) is 11.6 Å². The lowest BCUT2D eigenvalue weighted by atomic mass is 9.80. The second kappa shape index (κ2) is 6.60. The number of nitrogens with zero attached hydrogens (tertiary/aromatic N) is 4. The Morgan fingerprint density at radius 3 is 3.09 bits per heavy atom. The molecule has 33 heavy (non-hydrogen) atoms. The number of allylic oxidation sites excluding steroid dienone is 2. The highest BCUT2D eigenvalue weighted by Crippen LogP contribution is 2.59. The second-order valence-electron chi connectivity index (χ2n) is 8.87. The van der Waals surface area contributed by atoms with Gasteiger partial charge in [-0.25, -0.2) is 14.8 Å². The molecule has 0 spiro atoms. The van der Waals surface area contributed by atoms with Crippen LogP contribution in [0.1, 0.15) is 40.3 Å². The molecule has 4 aromatic rings. The van der Waals surface area contributed by atoms with E-state index in [2.05, 4.69) is 28.6 Å². The lowest BCUT2D eigenvalue weighted by Gasteiger charge is -2.28. The molecule has 7 nitrogen and oxygen atoms in total. The van der Waals surface area contributed by atoms with E-state index in [1.807, 2.05) is 24.3 Å². The Hall–Kier alpha value is -3.33. The summed E-state index contributed by atoms with van der Waals surface area (Å²) in [5.74, 6) is 2.83. The number of nitrogens with one attached hydrogen (secondary N) is 1. The fraction of sp³-hybridized carbons (Fsp3) is 0.240. The summed E-state index contributed by atoms with van der Waals surface area (Å²) in [7, 11) is 0. The van der Waals surface area contributed by atoms with Crippen LogP contribution in [0.25, 0.3) is 27.3 Å². The molecule has 8 heteroatoms. The number of anilines is 1. The molecule has 2 aliphatic heterocycles. The van der Waals surface area contributed by atoms with E-state index in [1.54, 1.807) is 22.7 Å². The summed E-state index contributed by atoms with van der Waals surface area (Å²) in [5, 5.41) is 2.83. The molecule has 0 amide bonds. The molecule has 0 saturated carbocycles. The molecule has 4 aliphatic rings. The quantitative estimate of drug-likeness (QED) is 0.465. The first kappa shape index (κ1) is 18.1. The Labute approximate surface area is 193 Å². The summed E-state index contributed by atoms with van der Waals surface area (Å²) in [6, 6.07) is 12.1. The van der Waals surface area contributed by atoms with Gasteiger partial charge in [0.05, 0.1) is 11.9 Å². The first-order chi connectivity index (χ1) is 16.3. The molecule has 162 valence electrons. The molecule has 0 fully saturated rings. The van der Waals surface area contributed by atoms with Crippen molar-refractivity contribution in [1.29, 1.82) is 0 Å². The maximum Gasteiger partial charge on any atom is 0.224 e. The van der Waals surface area contributed by atoms with Crippen molar-refractivity contribution in [3.8, 4) is 17.3 Å². The normalized spacial score (nSPS) is 22.2. The Morgan fingerprint density at radius 2 is 2.15 bits per heavy atom. The number of hydrogen-bond acceptors (Lipinski definition) is 8. The third-order valence-corrected chi connectivity index (χ3v) is 8.04. The van der Waals surface area contributed by atoms with Crippen molar-refractivity contribution in [2.75, 3.05) is 5.43 Å². The van der Waals surface area contributed by atoms with E-state index >= 15 is 0 Å². The van der Waals surface area contributed by atoms with Crippen LogP contribution in [0.5, 0.6) is 5.75 Å². The molecule has 3 aromatic heterocycles. The minimum atomic E-state index is -0.344. The summed E-state index contributed by atoms with van der Waals surface area (Å²) in [4.78, 5) is 23.0. The molecule has 0 radical (unpaired) electrons. The van der Waals surface area contributed by atoms with Crippen molar-refractivity contribution in [3.05, 3.63) is 70.2 Å². The Balaban J connectivity index is 1.26. The van der Waals surface area contributed by atoms with Gasteiger partial charge >= 0.3 is 0 Å². The minimum Gasteiger partial charge on any atom is -0.463 e. The van der Waals surface area contributed by atoms with Crippen molar-refractivity contribution < 1.29 is 9.57 Å². The number of pyridine rings is 1. The topological polar surface area (TPSA) is 72.4 Å². The smallest absolute Gasteiger partial charge is 0.224 e. The highest BCUT2D eigenvalue weighted by atomic mass is 32.1. The summed E-state index contributed by atoms with van der Waals surface area (Å²) in [6.07, 6.45) is 6.88. The minimum absolute atomic E-state index is 0.344. The van der Waals surface area contributed by atoms with Crippen molar-refractivity contribution in [1.82, 2.24) is 20.1 Å². The molecule has 1 aromatic carbocycles. The molecule has 3 bridgehead atoms. The van der Waals surface area contributed by atoms with Crippen LogP contribution in [0.2, 0.25) is 0 Å². The van der Waals surface area contributed by atoms with E-state index in [-0.39, 0.29) is 6.29 Å². The fourth-order valence-electron chi connectivity index (χ4n) is 5.37. The summed E-state index contributed by atoms with van der Waals surface area (Å²) in [6.45, 7) is 0.579. The zero-order valence-electron chi connectivity index (χ0n) is 17.6. The number of hydrogen-bond donors (Lipinski definition) is 1. The van der Waals surface area contributed by atoms with Gasteiger partial charge in [-0.3, -0.25) is 10.4 Å². The number of benzene rings is 1. The third-order valence-electron chi connectivity index (χ3n) is 6.84. The van der Waals surface area contributed by atoms with E-state index in [0.717, 1.165) is 45.9 Å². The molecule has 5 heterocycles. The van der Waals surface area contributed by atoms with Crippen LogP contribution >= 0.6 is 11.3 Å². The first-order valence-electron chi connectivity index (χ1n) is 11.3. The predicted octanol–water partition coefficient (Wildman–Crippen LogP) is 5.06. The zero-order valence-corrected chi connectivity index (χ0v) is 18.4. The molecular weight excluding hydrogens is 434 g/mol. The van der Waals surface area contributed by atoms with Gasteiger partial charge in [-0.1, -0.05) is 29.4 Å². The van der Waals surface area contributed by atoms with Gasteiger partial charge in [-0.2, -0.15) is 0 Å².